The first kappa shape index (κ1) is 14.5. The Labute approximate surface area is 134 Å². The molecule has 0 aliphatic carbocycles. The largest absolute Gasteiger partial charge is 0.350 e. The Kier molecular flexibility index (Phi) is 3.14. The average molecular weight is 313 g/mol. The van der Waals surface area contributed by atoms with Crippen LogP contribution in [0.5, 0.6) is 0 Å². The maximum Gasteiger partial charge on any atom is 0.274 e. The first-order valence-electron chi connectivity index (χ1n) is 7.76. The number of rotatable bonds is 1. The van der Waals surface area contributed by atoms with Crippen LogP contribution in [0.2, 0.25) is 0 Å². The monoisotopic (exact) mass is 313 g/mol. The van der Waals surface area contributed by atoms with Crippen molar-refractivity contribution in [3.8, 4) is 0 Å². The second-order valence-electron chi connectivity index (χ2n) is 6.88. The minimum atomic E-state index is -0.528. The van der Waals surface area contributed by atoms with E-state index >= 15 is 0 Å². The molecule has 4 rings (SSSR count). The molecule has 1 aromatic carbocycles. The fourth-order valence-electron chi connectivity index (χ4n) is 3.05. The minimum Gasteiger partial charge on any atom is -0.350 e. The highest BCUT2D eigenvalue weighted by molar-refractivity contribution is 5.94. The molecular formula is C17H19N3O3. The molecule has 1 amide bonds. The van der Waals surface area contributed by atoms with Crippen LogP contribution in [0, 0.1) is 5.41 Å². The Bertz CT molecular complexity index is 757. The average Bonchev–Trinajstić information content (AvgIpc) is 2.52. The van der Waals surface area contributed by atoms with E-state index in [0.29, 0.717) is 32.0 Å². The van der Waals surface area contributed by atoms with E-state index in [-0.39, 0.29) is 11.3 Å². The van der Waals surface area contributed by atoms with E-state index in [1.165, 1.54) is 0 Å². The van der Waals surface area contributed by atoms with E-state index in [1.54, 1.807) is 11.1 Å². The predicted molar refractivity (Wildman–Crippen MR) is 83.9 cm³/mol. The van der Waals surface area contributed by atoms with Crippen molar-refractivity contribution < 1.29 is 14.3 Å². The van der Waals surface area contributed by atoms with Crippen molar-refractivity contribution in [2.24, 2.45) is 5.41 Å². The lowest BCUT2D eigenvalue weighted by molar-refractivity contribution is -0.301. The standard InChI is InChI=1S/C17H19N3O3/c1-16(2)22-10-17(11-23-16)8-20(9-17)15(21)14-7-18-12-5-3-4-6-13(12)19-14/h3-7H,8-11H2,1-2H3. The molecule has 6 nitrogen and oxygen atoms in total. The number of hydrogen-bond donors (Lipinski definition) is 0. The molecule has 120 valence electrons. The smallest absolute Gasteiger partial charge is 0.274 e. The Morgan fingerprint density at radius 3 is 2.48 bits per heavy atom. The summed E-state index contributed by atoms with van der Waals surface area (Å²) in [5.74, 6) is -0.613. The van der Waals surface area contributed by atoms with Gasteiger partial charge >= 0.3 is 0 Å². The van der Waals surface area contributed by atoms with Gasteiger partial charge in [0.1, 0.15) is 5.69 Å². The zero-order valence-corrected chi connectivity index (χ0v) is 13.3. The highest BCUT2D eigenvalue weighted by Gasteiger charge is 2.50. The Balaban J connectivity index is 1.46. The number of nitrogens with zero attached hydrogens (tertiary/aromatic N) is 3. The number of aromatic nitrogens is 2. The van der Waals surface area contributed by atoms with E-state index in [4.69, 9.17) is 9.47 Å². The van der Waals surface area contributed by atoms with Crippen LogP contribution in [-0.4, -0.2) is 52.9 Å². The van der Waals surface area contributed by atoms with E-state index in [0.717, 1.165) is 11.0 Å². The summed E-state index contributed by atoms with van der Waals surface area (Å²) in [6.45, 7) is 6.32. The molecule has 2 aromatic rings. The number of amides is 1. The van der Waals surface area contributed by atoms with Gasteiger partial charge in [0.05, 0.1) is 35.9 Å². The van der Waals surface area contributed by atoms with Crippen molar-refractivity contribution in [2.45, 2.75) is 19.6 Å². The third-order valence-electron chi connectivity index (χ3n) is 4.46. The molecule has 1 aromatic heterocycles. The number of likely N-dealkylation sites (tertiary alicyclic amines) is 1. The normalized spacial score (nSPS) is 22.1. The molecule has 1 spiro atoms. The third kappa shape index (κ3) is 2.58. The van der Waals surface area contributed by atoms with Gasteiger partial charge in [0.15, 0.2) is 5.79 Å². The van der Waals surface area contributed by atoms with Crippen molar-refractivity contribution in [1.82, 2.24) is 14.9 Å². The molecule has 2 fully saturated rings. The molecule has 0 unspecified atom stereocenters. The van der Waals surface area contributed by atoms with Crippen LogP contribution in [0.25, 0.3) is 11.0 Å². The molecule has 23 heavy (non-hydrogen) atoms. The predicted octanol–water partition coefficient (Wildman–Crippen LogP) is 1.85. The zero-order chi connectivity index (χ0) is 16.1. The van der Waals surface area contributed by atoms with E-state index in [2.05, 4.69) is 9.97 Å². The molecule has 0 N–H and O–H groups in total. The summed E-state index contributed by atoms with van der Waals surface area (Å²) >= 11 is 0. The van der Waals surface area contributed by atoms with Crippen LogP contribution in [0.3, 0.4) is 0 Å². The van der Waals surface area contributed by atoms with Gasteiger partial charge in [0.25, 0.3) is 5.91 Å². The number of ether oxygens (including phenoxy) is 2. The van der Waals surface area contributed by atoms with Crippen LogP contribution >= 0.6 is 0 Å². The summed E-state index contributed by atoms with van der Waals surface area (Å²) < 4.78 is 11.5. The molecule has 2 aliphatic heterocycles. The van der Waals surface area contributed by atoms with Crippen LogP contribution in [0.1, 0.15) is 24.3 Å². The summed E-state index contributed by atoms with van der Waals surface area (Å²) in [5, 5.41) is 0. The SMILES string of the molecule is CC1(C)OCC2(CO1)CN(C(=O)c1cnc3ccccc3n1)C2. The molecule has 3 heterocycles. The maximum absolute atomic E-state index is 12.6. The lowest BCUT2D eigenvalue weighted by Crippen LogP contribution is -2.65. The first-order valence-corrected chi connectivity index (χ1v) is 7.76. The van der Waals surface area contributed by atoms with Gasteiger partial charge in [-0.05, 0) is 26.0 Å². The van der Waals surface area contributed by atoms with Gasteiger partial charge in [-0.1, -0.05) is 12.1 Å². The lowest BCUT2D eigenvalue weighted by Gasteiger charge is -2.53. The van der Waals surface area contributed by atoms with Gasteiger partial charge < -0.3 is 14.4 Å². The van der Waals surface area contributed by atoms with Gasteiger partial charge in [0.2, 0.25) is 0 Å². The fraction of sp³-hybridized carbons (Fsp3) is 0.471. The second-order valence-corrected chi connectivity index (χ2v) is 6.88. The summed E-state index contributed by atoms with van der Waals surface area (Å²) in [5.41, 5.74) is 1.84. The van der Waals surface area contributed by atoms with Gasteiger partial charge in [-0.15, -0.1) is 0 Å². The number of para-hydroxylation sites is 2. The molecule has 0 bridgehead atoms. The summed E-state index contributed by atoms with van der Waals surface area (Å²) in [4.78, 5) is 23.1. The van der Waals surface area contributed by atoms with Gasteiger partial charge in [0, 0.05) is 13.1 Å². The topological polar surface area (TPSA) is 64.6 Å². The van der Waals surface area contributed by atoms with Crippen LogP contribution in [0.15, 0.2) is 30.5 Å². The number of fused-ring (bicyclic) bond motifs is 1. The van der Waals surface area contributed by atoms with E-state index in [9.17, 15) is 4.79 Å². The molecule has 2 aliphatic rings. The Morgan fingerprint density at radius 2 is 1.78 bits per heavy atom. The van der Waals surface area contributed by atoms with Crippen LogP contribution in [0.4, 0.5) is 0 Å². The number of carbonyl (C=O) groups excluding carboxylic acids is 1. The summed E-state index contributed by atoms with van der Waals surface area (Å²) in [6.07, 6.45) is 1.55. The van der Waals surface area contributed by atoms with Gasteiger partial charge in [-0.2, -0.15) is 0 Å². The number of hydrogen-bond acceptors (Lipinski definition) is 5. The van der Waals surface area contributed by atoms with Gasteiger partial charge in [-0.3, -0.25) is 9.78 Å². The summed E-state index contributed by atoms with van der Waals surface area (Å²) in [6, 6.07) is 7.54. The molecule has 0 atom stereocenters. The van der Waals surface area contributed by atoms with Crippen molar-refractivity contribution in [2.75, 3.05) is 26.3 Å². The molecule has 2 saturated heterocycles. The number of benzene rings is 1. The summed E-state index contributed by atoms with van der Waals surface area (Å²) in [7, 11) is 0. The van der Waals surface area contributed by atoms with Crippen LogP contribution < -0.4 is 0 Å². The highest BCUT2D eigenvalue weighted by Crippen LogP contribution is 2.38. The molecule has 0 radical (unpaired) electrons. The minimum absolute atomic E-state index is 0.0740. The molecule has 6 heteroatoms. The van der Waals surface area contributed by atoms with Gasteiger partial charge in [-0.25, -0.2) is 4.98 Å². The zero-order valence-electron chi connectivity index (χ0n) is 13.3. The maximum atomic E-state index is 12.6. The van der Waals surface area contributed by atoms with Crippen LogP contribution in [-0.2, 0) is 9.47 Å². The van der Waals surface area contributed by atoms with Crippen molar-refractivity contribution in [3.05, 3.63) is 36.2 Å². The fourth-order valence-corrected chi connectivity index (χ4v) is 3.05. The molecule has 0 saturated carbocycles. The Hall–Kier alpha value is -2.05. The number of carbonyl (C=O) groups is 1. The van der Waals surface area contributed by atoms with Crippen molar-refractivity contribution in [1.29, 1.82) is 0 Å². The first-order chi connectivity index (χ1) is 11.0. The van der Waals surface area contributed by atoms with Crippen molar-refractivity contribution in [3.63, 3.8) is 0 Å². The quantitative estimate of drug-likeness (QED) is 0.804. The van der Waals surface area contributed by atoms with E-state index in [1.807, 2.05) is 38.1 Å². The van der Waals surface area contributed by atoms with Crippen molar-refractivity contribution >= 4 is 16.9 Å². The highest BCUT2D eigenvalue weighted by atomic mass is 16.7. The van der Waals surface area contributed by atoms with E-state index < -0.39 is 5.79 Å². The Morgan fingerprint density at radius 1 is 1.13 bits per heavy atom. The third-order valence-corrected chi connectivity index (χ3v) is 4.46. The lowest BCUT2D eigenvalue weighted by atomic mass is 9.80. The second kappa shape index (κ2) is 4.97. The molecular weight excluding hydrogens is 294 g/mol.